The van der Waals surface area contributed by atoms with Gasteiger partial charge in [0.1, 0.15) is 11.6 Å². The number of hydrogen-bond acceptors (Lipinski definition) is 5. The number of rotatable bonds is 3. The number of anilines is 2. The molecule has 1 aliphatic heterocycles. The summed E-state index contributed by atoms with van der Waals surface area (Å²) >= 11 is 0. The minimum Gasteiger partial charge on any atom is -0.365 e. The number of nitrogens with zero attached hydrogens (tertiary/aromatic N) is 3. The maximum Gasteiger partial charge on any atom is 0.153 e. The van der Waals surface area contributed by atoms with E-state index in [4.69, 9.17) is 4.52 Å². The van der Waals surface area contributed by atoms with Crippen LogP contribution in [0.5, 0.6) is 0 Å². The standard InChI is InChI=1S/C18H17FN4O/c1-11-17(12(2)24-22-11)14-7-16-18(20-8-14)23(10-21-16)9-13-3-5-15(19)6-4-13/h3-8,21H,9-10H2,1-2H3. The minimum absolute atomic E-state index is 0.221. The van der Waals surface area contributed by atoms with Crippen molar-refractivity contribution in [1.82, 2.24) is 10.1 Å². The van der Waals surface area contributed by atoms with E-state index >= 15 is 0 Å². The lowest BCUT2D eigenvalue weighted by atomic mass is 10.1. The molecular weight excluding hydrogens is 307 g/mol. The van der Waals surface area contributed by atoms with E-state index in [2.05, 4.69) is 26.4 Å². The molecule has 5 nitrogen and oxygen atoms in total. The molecule has 1 aliphatic rings. The Labute approximate surface area is 139 Å². The zero-order valence-electron chi connectivity index (χ0n) is 13.5. The molecule has 4 rings (SSSR count). The van der Waals surface area contributed by atoms with Crippen molar-refractivity contribution < 1.29 is 8.91 Å². The Bertz CT molecular complexity index is 869. The normalized spacial score (nSPS) is 13.0. The number of pyridine rings is 1. The van der Waals surface area contributed by atoms with Gasteiger partial charge in [-0.25, -0.2) is 9.37 Å². The summed E-state index contributed by atoms with van der Waals surface area (Å²) in [4.78, 5) is 6.74. The van der Waals surface area contributed by atoms with Crippen molar-refractivity contribution in [2.24, 2.45) is 0 Å². The molecule has 0 saturated carbocycles. The van der Waals surface area contributed by atoms with Crippen LogP contribution >= 0.6 is 0 Å². The first kappa shape index (κ1) is 14.7. The van der Waals surface area contributed by atoms with Crippen LogP contribution in [0, 0.1) is 19.7 Å². The first-order valence-electron chi connectivity index (χ1n) is 7.78. The van der Waals surface area contributed by atoms with Crippen molar-refractivity contribution in [1.29, 1.82) is 0 Å². The first-order valence-corrected chi connectivity index (χ1v) is 7.78. The Morgan fingerprint density at radius 2 is 2.04 bits per heavy atom. The molecule has 3 aromatic rings. The molecule has 24 heavy (non-hydrogen) atoms. The molecule has 0 amide bonds. The van der Waals surface area contributed by atoms with E-state index < -0.39 is 0 Å². The van der Waals surface area contributed by atoms with Crippen molar-refractivity contribution in [3.05, 3.63) is 59.4 Å². The predicted octanol–water partition coefficient (Wildman–Crippen LogP) is 3.88. The van der Waals surface area contributed by atoms with Gasteiger partial charge in [0.2, 0.25) is 0 Å². The summed E-state index contributed by atoms with van der Waals surface area (Å²) in [6, 6.07) is 8.62. The fraction of sp³-hybridized carbons (Fsp3) is 0.222. The second kappa shape index (κ2) is 5.63. The second-order valence-corrected chi connectivity index (χ2v) is 5.95. The molecule has 0 bridgehead atoms. The van der Waals surface area contributed by atoms with Crippen LogP contribution in [0.4, 0.5) is 15.9 Å². The average molecular weight is 324 g/mol. The van der Waals surface area contributed by atoms with Gasteiger partial charge in [0.25, 0.3) is 0 Å². The monoisotopic (exact) mass is 324 g/mol. The number of halogens is 1. The van der Waals surface area contributed by atoms with E-state index in [1.54, 1.807) is 12.1 Å². The topological polar surface area (TPSA) is 54.2 Å². The lowest BCUT2D eigenvalue weighted by molar-refractivity contribution is 0.393. The van der Waals surface area contributed by atoms with Gasteiger partial charge in [-0.3, -0.25) is 0 Å². The first-order chi connectivity index (χ1) is 11.6. The van der Waals surface area contributed by atoms with Crippen molar-refractivity contribution >= 4 is 11.5 Å². The van der Waals surface area contributed by atoms with Gasteiger partial charge in [-0.2, -0.15) is 0 Å². The van der Waals surface area contributed by atoms with Crippen molar-refractivity contribution in [2.75, 3.05) is 16.9 Å². The summed E-state index contributed by atoms with van der Waals surface area (Å²) in [6.07, 6.45) is 1.84. The number of benzene rings is 1. The van der Waals surface area contributed by atoms with Crippen LogP contribution in [-0.2, 0) is 6.54 Å². The molecule has 122 valence electrons. The zero-order valence-corrected chi connectivity index (χ0v) is 13.5. The third-order valence-corrected chi connectivity index (χ3v) is 4.24. The van der Waals surface area contributed by atoms with E-state index in [0.717, 1.165) is 39.6 Å². The summed E-state index contributed by atoms with van der Waals surface area (Å²) in [7, 11) is 0. The lowest BCUT2D eigenvalue weighted by Crippen LogP contribution is -2.22. The predicted molar refractivity (Wildman–Crippen MR) is 90.3 cm³/mol. The molecule has 0 unspecified atom stereocenters. The van der Waals surface area contributed by atoms with Crippen LogP contribution in [0.1, 0.15) is 17.0 Å². The van der Waals surface area contributed by atoms with Gasteiger partial charge >= 0.3 is 0 Å². The molecule has 3 heterocycles. The number of hydrogen-bond donors (Lipinski definition) is 1. The van der Waals surface area contributed by atoms with Crippen LogP contribution in [0.25, 0.3) is 11.1 Å². The highest BCUT2D eigenvalue weighted by Gasteiger charge is 2.22. The Hall–Kier alpha value is -2.89. The minimum atomic E-state index is -0.221. The van der Waals surface area contributed by atoms with Gasteiger partial charge in [0, 0.05) is 23.9 Å². The largest absolute Gasteiger partial charge is 0.365 e. The Morgan fingerprint density at radius 1 is 1.25 bits per heavy atom. The van der Waals surface area contributed by atoms with Gasteiger partial charge < -0.3 is 14.7 Å². The smallest absolute Gasteiger partial charge is 0.153 e. The van der Waals surface area contributed by atoms with Gasteiger partial charge in [-0.15, -0.1) is 0 Å². The molecule has 0 radical (unpaired) electrons. The highest BCUT2D eigenvalue weighted by molar-refractivity contribution is 5.78. The molecule has 0 fully saturated rings. The van der Waals surface area contributed by atoms with Crippen LogP contribution in [-0.4, -0.2) is 16.8 Å². The van der Waals surface area contributed by atoms with Gasteiger partial charge in [-0.05, 0) is 37.6 Å². The maximum absolute atomic E-state index is 13.0. The fourth-order valence-electron chi connectivity index (χ4n) is 3.07. The summed E-state index contributed by atoms with van der Waals surface area (Å²) in [5, 5.41) is 7.36. The molecule has 0 saturated heterocycles. The summed E-state index contributed by atoms with van der Waals surface area (Å²) in [5.74, 6) is 1.46. The number of fused-ring (bicyclic) bond motifs is 1. The molecular formula is C18H17FN4O. The highest BCUT2D eigenvalue weighted by atomic mass is 19.1. The number of nitrogens with one attached hydrogen (secondary N) is 1. The summed E-state index contributed by atoms with van der Waals surface area (Å²) in [5.41, 5.74) is 4.86. The van der Waals surface area contributed by atoms with Crippen molar-refractivity contribution in [3.63, 3.8) is 0 Å². The van der Waals surface area contributed by atoms with Crippen molar-refractivity contribution in [3.8, 4) is 11.1 Å². The van der Waals surface area contributed by atoms with Gasteiger partial charge in [0.05, 0.1) is 18.1 Å². The zero-order chi connectivity index (χ0) is 16.7. The maximum atomic E-state index is 13.0. The number of aromatic nitrogens is 2. The summed E-state index contributed by atoms with van der Waals surface area (Å²) in [6.45, 7) is 5.17. The van der Waals surface area contributed by atoms with E-state index in [1.807, 2.05) is 20.0 Å². The Kier molecular flexibility index (Phi) is 3.45. The van der Waals surface area contributed by atoms with Gasteiger partial charge in [-0.1, -0.05) is 17.3 Å². The van der Waals surface area contributed by atoms with Crippen LogP contribution in [0.2, 0.25) is 0 Å². The van der Waals surface area contributed by atoms with Gasteiger partial charge in [0.15, 0.2) is 5.82 Å². The van der Waals surface area contributed by atoms with E-state index in [0.29, 0.717) is 13.2 Å². The molecule has 6 heteroatoms. The van der Waals surface area contributed by atoms with E-state index in [9.17, 15) is 4.39 Å². The molecule has 1 aromatic carbocycles. The third-order valence-electron chi connectivity index (χ3n) is 4.24. The molecule has 1 N–H and O–H groups in total. The SMILES string of the molecule is Cc1noc(C)c1-c1cnc2c(c1)NCN2Cc1ccc(F)cc1. The quantitative estimate of drug-likeness (QED) is 0.792. The lowest BCUT2D eigenvalue weighted by Gasteiger charge is -2.17. The third kappa shape index (κ3) is 2.50. The highest BCUT2D eigenvalue weighted by Crippen LogP contribution is 2.35. The fourth-order valence-corrected chi connectivity index (χ4v) is 3.07. The van der Waals surface area contributed by atoms with Crippen LogP contribution in [0.3, 0.4) is 0 Å². The average Bonchev–Trinajstić information content (AvgIpc) is 3.12. The Morgan fingerprint density at radius 3 is 2.75 bits per heavy atom. The van der Waals surface area contributed by atoms with Crippen LogP contribution in [0.15, 0.2) is 41.1 Å². The summed E-state index contributed by atoms with van der Waals surface area (Å²) < 4.78 is 18.3. The Balaban J connectivity index is 1.62. The van der Waals surface area contributed by atoms with E-state index in [1.165, 1.54) is 12.1 Å². The van der Waals surface area contributed by atoms with E-state index in [-0.39, 0.29) is 5.82 Å². The molecule has 0 aliphatic carbocycles. The second-order valence-electron chi connectivity index (χ2n) is 5.95. The van der Waals surface area contributed by atoms with Crippen molar-refractivity contribution in [2.45, 2.75) is 20.4 Å². The number of aryl methyl sites for hydroxylation is 2. The molecule has 0 atom stereocenters. The molecule has 0 spiro atoms. The van der Waals surface area contributed by atoms with Crippen LogP contribution < -0.4 is 10.2 Å². The molecule has 2 aromatic heterocycles.